The van der Waals surface area contributed by atoms with E-state index in [0.717, 1.165) is 89.1 Å². The summed E-state index contributed by atoms with van der Waals surface area (Å²) in [6.45, 7) is 6.41. The van der Waals surface area contributed by atoms with Gasteiger partial charge in [0.05, 0.1) is 45.4 Å². The molecule has 0 bridgehead atoms. The Morgan fingerprint density at radius 3 is 1.43 bits per heavy atom. The Bertz CT molecular complexity index is 3950. The Labute approximate surface area is 400 Å². The molecule has 5 nitrogen and oxygen atoms in total. The van der Waals surface area contributed by atoms with Gasteiger partial charge in [-0.25, -0.2) is 0 Å². The highest BCUT2D eigenvalue weighted by Gasteiger charge is 2.54. The highest BCUT2D eigenvalue weighted by molar-refractivity contribution is 6.23. The molecule has 10 aromatic carbocycles. The quantitative estimate of drug-likeness (QED) is 0.166. The number of hydrogen-bond acceptors (Lipinski definition) is 5. The number of benzene rings is 10. The molecule has 324 valence electrons. The minimum atomic E-state index is -0.792. The minimum Gasteiger partial charge on any atom is -0.455 e. The van der Waals surface area contributed by atoms with Gasteiger partial charge in [-0.05, 0) is 156 Å². The molecule has 1 aromatic heterocycles. The Balaban J connectivity index is 1.23. The fraction of sp³-hybridized carbons (Fsp3) is 0.0625. The Kier molecular flexibility index (Phi) is 8.84. The average Bonchev–Trinajstić information content (AvgIpc) is 4.03. The highest BCUT2D eigenvalue weighted by atomic mass is 16.3. The summed E-state index contributed by atoms with van der Waals surface area (Å²) in [5.74, 6) is 0. The monoisotopic (exact) mass is 882 g/mol. The van der Waals surface area contributed by atoms with E-state index in [1.54, 1.807) is 0 Å². The Hall–Kier alpha value is -9.16. The van der Waals surface area contributed by atoms with E-state index in [0.29, 0.717) is 11.1 Å². The van der Waals surface area contributed by atoms with Gasteiger partial charge >= 0.3 is 0 Å². The van der Waals surface area contributed by atoms with Gasteiger partial charge in [0, 0.05) is 39.1 Å². The van der Waals surface area contributed by atoms with Crippen LogP contribution in [0.1, 0.15) is 50.1 Å². The van der Waals surface area contributed by atoms with Crippen molar-refractivity contribution in [3.63, 3.8) is 0 Å². The molecule has 0 radical (unpaired) electrons. The van der Waals surface area contributed by atoms with Crippen molar-refractivity contribution in [2.75, 3.05) is 9.80 Å². The average molecular weight is 883 g/mol. The predicted octanol–water partition coefficient (Wildman–Crippen LogP) is 16.7. The van der Waals surface area contributed by atoms with Crippen molar-refractivity contribution < 1.29 is 4.42 Å². The van der Waals surface area contributed by atoms with Gasteiger partial charge < -0.3 is 14.2 Å². The summed E-state index contributed by atoms with van der Waals surface area (Å²) in [7, 11) is 0. The van der Waals surface area contributed by atoms with Crippen LogP contribution in [0.25, 0.3) is 55.0 Å². The third kappa shape index (κ3) is 5.81. The van der Waals surface area contributed by atoms with Crippen LogP contribution in [0.15, 0.2) is 205 Å². The van der Waals surface area contributed by atoms with Crippen molar-refractivity contribution in [2.24, 2.45) is 0 Å². The maximum absolute atomic E-state index is 9.95. The Morgan fingerprint density at radius 1 is 0.406 bits per heavy atom. The third-order valence-corrected chi connectivity index (χ3v) is 14.5. The molecule has 0 unspecified atom stereocenters. The predicted molar refractivity (Wildman–Crippen MR) is 281 cm³/mol. The van der Waals surface area contributed by atoms with Crippen LogP contribution in [-0.4, -0.2) is 0 Å². The van der Waals surface area contributed by atoms with E-state index < -0.39 is 5.41 Å². The lowest BCUT2D eigenvalue weighted by Gasteiger charge is -2.34. The maximum atomic E-state index is 9.95. The van der Waals surface area contributed by atoms with Crippen LogP contribution >= 0.6 is 0 Å². The van der Waals surface area contributed by atoms with Crippen molar-refractivity contribution >= 4 is 66.8 Å². The number of furan rings is 1. The van der Waals surface area contributed by atoms with Crippen LogP contribution in [0.4, 0.5) is 34.1 Å². The number of aryl methyl sites for hydroxylation is 3. The standard InChI is InChI=1S/C64H42N4O/c1-39-16-25-44(26-17-39)67(46-29-21-42(37-65)22-30-46)57-35-55-60(52-34-41(3)20-33-50(52)57)62-56(64(55)53-13-7-4-10-48(53)49-11-5-8-14-54(49)64)36-58(61-51-12-6-9-15-59(51)69-63(61)62)68(45-27-18-40(2)19-28-45)47-31-23-43(38-66)24-32-47/h4-36H,1-3H3. The summed E-state index contributed by atoms with van der Waals surface area (Å²) >= 11 is 0. The zero-order valence-corrected chi connectivity index (χ0v) is 38.2. The smallest absolute Gasteiger partial charge is 0.145 e. The molecule has 2 aliphatic carbocycles. The van der Waals surface area contributed by atoms with E-state index >= 15 is 0 Å². The number of anilines is 6. The first-order valence-corrected chi connectivity index (χ1v) is 23.4. The van der Waals surface area contributed by atoms with E-state index in [1.807, 2.05) is 24.3 Å². The van der Waals surface area contributed by atoms with Crippen LogP contribution in [0, 0.1) is 43.4 Å². The number of fused-ring (bicyclic) bond motifs is 16. The normalized spacial score (nSPS) is 12.7. The van der Waals surface area contributed by atoms with Crippen LogP contribution in [0.5, 0.6) is 0 Å². The number of hydrogen-bond donors (Lipinski definition) is 0. The lowest BCUT2D eigenvalue weighted by Crippen LogP contribution is -2.26. The molecule has 0 amide bonds. The SMILES string of the molecule is Cc1ccc(N(c2ccc(C#N)cc2)c2cc3c(c4cc(C)ccc24)-c2c(cc(N(c4ccc(C)cc4)c4ccc(C#N)cc4)c4c2oc2ccccc24)C32c3ccccc3-c3ccccc32)cc1. The molecular formula is C64H42N4O. The first-order valence-electron chi connectivity index (χ1n) is 23.4. The molecule has 1 spiro atoms. The first kappa shape index (κ1) is 40.1. The second kappa shape index (κ2) is 15.2. The van der Waals surface area contributed by atoms with Crippen molar-refractivity contribution in [3.05, 3.63) is 250 Å². The summed E-state index contributed by atoms with van der Waals surface area (Å²) in [6, 6.07) is 76.0. The molecule has 0 N–H and O–H groups in total. The van der Waals surface area contributed by atoms with Crippen molar-refractivity contribution in [1.29, 1.82) is 10.5 Å². The van der Waals surface area contributed by atoms with E-state index in [-0.39, 0.29) is 0 Å². The van der Waals surface area contributed by atoms with Crippen LogP contribution in [-0.2, 0) is 5.41 Å². The van der Waals surface area contributed by atoms with Gasteiger partial charge in [0.2, 0.25) is 0 Å². The molecule has 0 atom stereocenters. The topological polar surface area (TPSA) is 67.2 Å². The van der Waals surface area contributed by atoms with Gasteiger partial charge in [0.15, 0.2) is 0 Å². The van der Waals surface area contributed by atoms with Gasteiger partial charge in [-0.1, -0.05) is 126 Å². The summed E-state index contributed by atoms with van der Waals surface area (Å²) in [5, 5.41) is 24.1. The lowest BCUT2D eigenvalue weighted by molar-refractivity contribution is 0.669. The fourth-order valence-corrected chi connectivity index (χ4v) is 11.4. The molecule has 1 heterocycles. The van der Waals surface area contributed by atoms with Gasteiger partial charge in [-0.3, -0.25) is 0 Å². The molecule has 11 aromatic rings. The number of rotatable bonds is 6. The van der Waals surface area contributed by atoms with Gasteiger partial charge in [0.25, 0.3) is 0 Å². The summed E-state index contributed by atoms with van der Waals surface area (Å²) < 4.78 is 7.37. The molecule has 0 fully saturated rings. The molecule has 69 heavy (non-hydrogen) atoms. The molecule has 13 rings (SSSR count). The van der Waals surface area contributed by atoms with E-state index in [9.17, 15) is 10.5 Å². The first-order chi connectivity index (χ1) is 33.8. The van der Waals surface area contributed by atoms with Crippen LogP contribution < -0.4 is 9.80 Å². The molecule has 0 aliphatic heterocycles. The molecule has 5 heteroatoms. The van der Waals surface area contributed by atoms with Crippen molar-refractivity contribution in [2.45, 2.75) is 26.2 Å². The van der Waals surface area contributed by atoms with Gasteiger partial charge in [-0.15, -0.1) is 0 Å². The lowest BCUT2D eigenvalue weighted by atomic mass is 9.70. The van der Waals surface area contributed by atoms with E-state index in [4.69, 9.17) is 4.42 Å². The molecule has 2 aliphatic rings. The zero-order chi connectivity index (χ0) is 46.5. The summed E-state index contributed by atoms with van der Waals surface area (Å²) in [6.07, 6.45) is 0. The second-order valence-electron chi connectivity index (χ2n) is 18.5. The van der Waals surface area contributed by atoms with Crippen molar-refractivity contribution in [3.8, 4) is 34.4 Å². The largest absolute Gasteiger partial charge is 0.455 e. The number of nitriles is 2. The fourth-order valence-electron chi connectivity index (χ4n) is 11.4. The number of nitrogens with zero attached hydrogens (tertiary/aromatic N) is 4. The molecule has 0 saturated heterocycles. The third-order valence-electron chi connectivity index (χ3n) is 14.5. The van der Waals surface area contributed by atoms with E-state index in [1.165, 1.54) is 38.9 Å². The molecule has 0 saturated carbocycles. The Morgan fingerprint density at radius 2 is 0.870 bits per heavy atom. The molecular weight excluding hydrogens is 841 g/mol. The maximum Gasteiger partial charge on any atom is 0.145 e. The second-order valence-corrected chi connectivity index (χ2v) is 18.5. The zero-order valence-electron chi connectivity index (χ0n) is 38.2. The highest BCUT2D eigenvalue weighted by Crippen LogP contribution is 2.67. The van der Waals surface area contributed by atoms with E-state index in [2.05, 4.69) is 219 Å². The minimum absolute atomic E-state index is 0.600. The van der Waals surface area contributed by atoms with Crippen molar-refractivity contribution in [1.82, 2.24) is 0 Å². The van der Waals surface area contributed by atoms with Crippen LogP contribution in [0.2, 0.25) is 0 Å². The van der Waals surface area contributed by atoms with Gasteiger partial charge in [-0.2, -0.15) is 10.5 Å². The van der Waals surface area contributed by atoms with Crippen LogP contribution in [0.3, 0.4) is 0 Å². The summed E-state index contributed by atoms with van der Waals surface area (Å²) in [5.41, 5.74) is 20.8. The summed E-state index contributed by atoms with van der Waals surface area (Å²) in [4.78, 5) is 4.69. The number of para-hydroxylation sites is 1. The van der Waals surface area contributed by atoms with Gasteiger partial charge in [0.1, 0.15) is 11.2 Å².